The largest absolute Gasteiger partial charge is 0.343 e. The molecule has 0 spiro atoms. The Kier molecular flexibility index (Phi) is 5.11. The van der Waals surface area contributed by atoms with Crippen LogP contribution >= 0.6 is 0 Å². The summed E-state index contributed by atoms with van der Waals surface area (Å²) in [5.41, 5.74) is 9.91. The number of hydrogen-bond donors (Lipinski definition) is 0. The highest BCUT2D eigenvalue weighted by Gasteiger charge is 2.17. The van der Waals surface area contributed by atoms with Gasteiger partial charge in [0.1, 0.15) is 0 Å². The van der Waals surface area contributed by atoms with Gasteiger partial charge in [-0.3, -0.25) is 0 Å². The molecule has 0 fully saturated rings. The summed E-state index contributed by atoms with van der Waals surface area (Å²) in [4.78, 5) is 0. The van der Waals surface area contributed by atoms with Crippen LogP contribution in [0.3, 0.4) is 0 Å². The van der Waals surface area contributed by atoms with Gasteiger partial charge in [0, 0.05) is 28.7 Å². The van der Waals surface area contributed by atoms with Gasteiger partial charge in [0.15, 0.2) is 0 Å². The van der Waals surface area contributed by atoms with Gasteiger partial charge in [-0.05, 0) is 79.9 Å². The number of aryl methyl sites for hydroxylation is 1. The zero-order valence-electron chi connectivity index (χ0n) is 22.3. The van der Waals surface area contributed by atoms with E-state index < -0.39 is 0 Å². The van der Waals surface area contributed by atoms with E-state index in [1.807, 2.05) is 0 Å². The van der Waals surface area contributed by atoms with Crippen LogP contribution in [0.5, 0.6) is 0 Å². The van der Waals surface area contributed by atoms with Gasteiger partial charge in [0.2, 0.25) is 0 Å². The van der Waals surface area contributed by atoms with Crippen molar-refractivity contribution in [3.05, 3.63) is 146 Å². The zero-order chi connectivity index (χ0) is 26.6. The molecule has 188 valence electrons. The van der Waals surface area contributed by atoms with Crippen LogP contribution in [-0.4, -0.2) is 4.57 Å². The van der Waals surface area contributed by atoms with Crippen LogP contribution in [0.25, 0.3) is 76.7 Å². The molecule has 0 aliphatic heterocycles. The number of nitrogens with zero attached hydrogens (tertiary/aromatic N) is 1. The molecule has 1 heterocycles. The summed E-state index contributed by atoms with van der Waals surface area (Å²) in [6.45, 7) is 0. The van der Waals surface area contributed by atoms with E-state index in [-0.39, 0.29) is 0 Å². The van der Waals surface area contributed by atoms with Crippen molar-refractivity contribution in [1.29, 1.82) is 0 Å². The van der Waals surface area contributed by atoms with E-state index in [1.54, 1.807) is 0 Å². The highest BCUT2D eigenvalue weighted by atomic mass is 14.9. The summed E-state index contributed by atoms with van der Waals surface area (Å²) >= 11 is 0. The molecule has 8 aromatic rings. The topological polar surface area (TPSA) is 4.93 Å². The van der Waals surface area contributed by atoms with Crippen LogP contribution in [0.1, 0.15) is 0 Å². The first-order chi connectivity index (χ1) is 19.8. The van der Waals surface area contributed by atoms with Crippen LogP contribution in [0.4, 0.5) is 0 Å². The average Bonchev–Trinajstić information content (AvgIpc) is 3.33. The average molecular weight is 510 g/mol. The second-order valence-corrected chi connectivity index (χ2v) is 10.6. The summed E-state index contributed by atoms with van der Waals surface area (Å²) in [7, 11) is 2.20. The van der Waals surface area contributed by atoms with Gasteiger partial charge in [0.05, 0.1) is 5.52 Å². The molecular weight excluding hydrogens is 482 g/mol. The fraction of sp³-hybridized carbons (Fsp3) is 0.0256. The van der Waals surface area contributed by atoms with Gasteiger partial charge in [-0.25, -0.2) is 0 Å². The fourth-order valence-electron chi connectivity index (χ4n) is 6.46. The van der Waals surface area contributed by atoms with Crippen molar-refractivity contribution < 1.29 is 0 Å². The third kappa shape index (κ3) is 3.48. The second-order valence-electron chi connectivity index (χ2n) is 10.6. The van der Waals surface area contributed by atoms with Crippen molar-refractivity contribution in [3.63, 3.8) is 0 Å². The summed E-state index contributed by atoms with van der Waals surface area (Å²) < 4.78 is 2.37. The molecule has 0 radical (unpaired) electrons. The molecular formula is C39H27N. The molecule has 0 aliphatic rings. The molecule has 40 heavy (non-hydrogen) atoms. The molecule has 0 amide bonds. The highest BCUT2D eigenvalue weighted by Crippen LogP contribution is 2.42. The third-order valence-electron chi connectivity index (χ3n) is 8.35. The van der Waals surface area contributed by atoms with Crippen LogP contribution < -0.4 is 0 Å². The summed E-state index contributed by atoms with van der Waals surface area (Å²) in [5.74, 6) is 0. The lowest BCUT2D eigenvalue weighted by Gasteiger charge is -2.12. The maximum absolute atomic E-state index is 2.40. The van der Waals surface area contributed by atoms with Crippen molar-refractivity contribution in [3.8, 4) is 33.4 Å². The molecule has 0 atom stereocenters. The number of aromatic nitrogens is 1. The molecule has 7 aromatic carbocycles. The minimum Gasteiger partial charge on any atom is -0.343 e. The normalized spacial score (nSPS) is 11.6. The predicted molar refractivity (Wildman–Crippen MR) is 172 cm³/mol. The van der Waals surface area contributed by atoms with Gasteiger partial charge in [-0.15, -0.1) is 0 Å². The van der Waals surface area contributed by atoms with Gasteiger partial charge >= 0.3 is 0 Å². The van der Waals surface area contributed by atoms with Crippen LogP contribution in [-0.2, 0) is 7.05 Å². The molecule has 0 saturated heterocycles. The van der Waals surface area contributed by atoms with Crippen molar-refractivity contribution in [2.24, 2.45) is 7.05 Å². The Morgan fingerprint density at radius 1 is 0.350 bits per heavy atom. The first-order valence-electron chi connectivity index (χ1n) is 13.8. The van der Waals surface area contributed by atoms with Crippen molar-refractivity contribution in [2.45, 2.75) is 0 Å². The Labute approximate surface area is 233 Å². The van der Waals surface area contributed by atoms with E-state index in [4.69, 9.17) is 0 Å². The van der Waals surface area contributed by atoms with E-state index in [0.29, 0.717) is 0 Å². The van der Waals surface area contributed by atoms with Crippen molar-refractivity contribution >= 4 is 43.4 Å². The quantitative estimate of drug-likeness (QED) is 0.209. The molecule has 0 unspecified atom stereocenters. The standard InChI is InChI=1S/C39H27N/c1-40-37-21-20-28(25-36(37)38-34-18-10-8-16-32(34)33-17-9-11-19-35(33)39(38)40)31-23-29(26-12-4-2-5-13-26)22-30(24-31)27-14-6-3-7-15-27/h2-25H,1H3. The van der Waals surface area contributed by atoms with Gasteiger partial charge in [-0.1, -0.05) is 115 Å². The third-order valence-corrected chi connectivity index (χ3v) is 8.35. The Morgan fingerprint density at radius 2 is 0.825 bits per heavy atom. The lowest BCUT2D eigenvalue weighted by atomic mass is 9.92. The van der Waals surface area contributed by atoms with Gasteiger partial charge < -0.3 is 4.57 Å². The molecule has 1 heteroatoms. The monoisotopic (exact) mass is 509 g/mol. The highest BCUT2D eigenvalue weighted by molar-refractivity contribution is 6.31. The van der Waals surface area contributed by atoms with Crippen molar-refractivity contribution in [2.75, 3.05) is 0 Å². The lowest BCUT2D eigenvalue weighted by molar-refractivity contribution is 1.02. The van der Waals surface area contributed by atoms with Crippen LogP contribution in [0.15, 0.2) is 146 Å². The molecule has 0 aliphatic carbocycles. The number of fused-ring (bicyclic) bond motifs is 8. The van der Waals surface area contributed by atoms with E-state index >= 15 is 0 Å². The second kappa shape index (κ2) is 8.97. The van der Waals surface area contributed by atoms with E-state index in [0.717, 1.165) is 0 Å². The van der Waals surface area contributed by atoms with Crippen LogP contribution in [0, 0.1) is 0 Å². The maximum atomic E-state index is 2.40. The smallest absolute Gasteiger partial charge is 0.0574 e. The Bertz CT molecular complexity index is 2140. The fourth-order valence-corrected chi connectivity index (χ4v) is 6.46. The predicted octanol–water partition coefficient (Wildman–Crippen LogP) is 10.6. The molecule has 0 N–H and O–H groups in total. The van der Waals surface area contributed by atoms with Crippen molar-refractivity contribution in [1.82, 2.24) is 4.57 Å². The Morgan fingerprint density at radius 3 is 1.43 bits per heavy atom. The number of rotatable bonds is 3. The van der Waals surface area contributed by atoms with Gasteiger partial charge in [0.25, 0.3) is 0 Å². The zero-order valence-corrected chi connectivity index (χ0v) is 22.3. The molecule has 8 rings (SSSR count). The van der Waals surface area contributed by atoms with Crippen LogP contribution in [0.2, 0.25) is 0 Å². The summed E-state index contributed by atoms with van der Waals surface area (Å²) in [5, 5.41) is 7.84. The molecule has 0 saturated carbocycles. The first kappa shape index (κ1) is 22.8. The molecule has 1 aromatic heterocycles. The van der Waals surface area contributed by atoms with Gasteiger partial charge in [-0.2, -0.15) is 0 Å². The maximum Gasteiger partial charge on any atom is 0.0574 e. The van der Waals surface area contributed by atoms with E-state index in [9.17, 15) is 0 Å². The summed E-state index contributed by atoms with van der Waals surface area (Å²) in [6, 6.07) is 53.0. The van der Waals surface area contributed by atoms with E-state index in [2.05, 4.69) is 157 Å². The minimum atomic E-state index is 1.23. The lowest BCUT2D eigenvalue weighted by Crippen LogP contribution is -1.89. The Balaban J connectivity index is 1.44. The number of hydrogen-bond acceptors (Lipinski definition) is 0. The SMILES string of the molecule is Cn1c2ccc(-c3cc(-c4ccccc4)cc(-c4ccccc4)c3)cc2c2c3ccccc3c3ccccc3c21. The minimum absolute atomic E-state index is 1.23. The Hall–Kier alpha value is -5.14. The summed E-state index contributed by atoms with van der Waals surface area (Å²) in [6.07, 6.45) is 0. The molecule has 1 nitrogen and oxygen atoms in total. The van der Waals surface area contributed by atoms with E-state index in [1.165, 1.54) is 76.7 Å². The first-order valence-corrected chi connectivity index (χ1v) is 13.8. The number of benzene rings is 7. The molecule has 0 bridgehead atoms.